The van der Waals surface area contributed by atoms with Crippen molar-refractivity contribution < 1.29 is 13.2 Å². The molecule has 3 rings (SSSR count). The van der Waals surface area contributed by atoms with Crippen LogP contribution in [0.4, 0.5) is 11.4 Å². The number of nitrogens with zero attached hydrogens (tertiary/aromatic N) is 1. The number of nitrogens with one attached hydrogen (secondary N) is 1. The molecular weight excluding hydrogens is 468 g/mol. The Morgan fingerprint density at radius 2 is 1.42 bits per heavy atom. The first kappa shape index (κ1) is 27.5. The van der Waals surface area contributed by atoms with Crippen LogP contribution in [0.1, 0.15) is 76.0 Å². The lowest BCUT2D eigenvalue weighted by Gasteiger charge is -2.25. The fourth-order valence-electron chi connectivity index (χ4n) is 4.33. The number of carbonyl (C=O) groups excluding carboxylic acids is 1. The van der Waals surface area contributed by atoms with Gasteiger partial charge in [-0.25, -0.2) is 8.42 Å². The van der Waals surface area contributed by atoms with Crippen LogP contribution in [0.3, 0.4) is 0 Å². The SMILES string of the molecule is CCCc1ccc(S(=O)(=O)N(CCC(=O)Nc2c(C(C)C)cccc2C(C)C)c2ccccc2)cc1. The van der Waals surface area contributed by atoms with Crippen LogP contribution in [0.25, 0.3) is 0 Å². The maximum atomic E-state index is 13.7. The summed E-state index contributed by atoms with van der Waals surface area (Å²) < 4.78 is 28.6. The standard InChI is InChI=1S/C30H38N2O3S/c1-6-11-24-16-18-26(19-17-24)36(34,35)32(25-12-8-7-9-13-25)21-20-29(33)31-30-27(22(2)3)14-10-15-28(30)23(4)5/h7-10,12-19,22-23H,6,11,20-21H2,1-5H3,(H,31,33). The van der Waals surface area contributed by atoms with Crippen LogP contribution in [0.2, 0.25) is 0 Å². The summed E-state index contributed by atoms with van der Waals surface area (Å²) in [5, 5.41) is 3.10. The normalized spacial score (nSPS) is 11.6. The van der Waals surface area contributed by atoms with Crippen molar-refractivity contribution in [1.82, 2.24) is 0 Å². The van der Waals surface area contributed by atoms with Gasteiger partial charge >= 0.3 is 0 Å². The molecule has 0 aliphatic carbocycles. The highest BCUT2D eigenvalue weighted by Gasteiger charge is 2.26. The molecule has 0 spiro atoms. The lowest BCUT2D eigenvalue weighted by Crippen LogP contribution is -2.34. The fourth-order valence-corrected chi connectivity index (χ4v) is 5.79. The highest BCUT2D eigenvalue weighted by molar-refractivity contribution is 7.92. The van der Waals surface area contributed by atoms with Crippen molar-refractivity contribution in [2.75, 3.05) is 16.2 Å². The van der Waals surface area contributed by atoms with Crippen LogP contribution in [0, 0.1) is 0 Å². The third-order valence-electron chi connectivity index (χ3n) is 6.27. The van der Waals surface area contributed by atoms with Crippen molar-refractivity contribution in [2.24, 2.45) is 0 Å². The summed E-state index contributed by atoms with van der Waals surface area (Å²) in [6.45, 7) is 10.5. The average Bonchev–Trinajstić information content (AvgIpc) is 2.85. The molecule has 0 aliphatic heterocycles. The molecule has 1 N–H and O–H groups in total. The topological polar surface area (TPSA) is 66.5 Å². The Labute approximate surface area is 216 Å². The zero-order valence-electron chi connectivity index (χ0n) is 22.0. The number of carbonyl (C=O) groups is 1. The number of sulfonamides is 1. The quantitative estimate of drug-likeness (QED) is 0.301. The molecule has 0 aliphatic rings. The van der Waals surface area contributed by atoms with Crippen LogP contribution < -0.4 is 9.62 Å². The minimum absolute atomic E-state index is 0.0337. The Morgan fingerprint density at radius 3 is 1.94 bits per heavy atom. The van der Waals surface area contributed by atoms with E-state index in [9.17, 15) is 13.2 Å². The van der Waals surface area contributed by atoms with Crippen molar-refractivity contribution in [1.29, 1.82) is 0 Å². The van der Waals surface area contributed by atoms with Crippen molar-refractivity contribution in [3.05, 3.63) is 89.5 Å². The van der Waals surface area contributed by atoms with E-state index in [1.54, 1.807) is 36.4 Å². The molecule has 0 saturated carbocycles. The van der Waals surface area contributed by atoms with Gasteiger partial charge in [0.2, 0.25) is 5.91 Å². The smallest absolute Gasteiger partial charge is 0.264 e. The molecule has 0 radical (unpaired) electrons. The van der Waals surface area contributed by atoms with E-state index in [0.29, 0.717) is 5.69 Å². The summed E-state index contributed by atoms with van der Waals surface area (Å²) in [5.41, 5.74) is 4.64. The van der Waals surface area contributed by atoms with E-state index in [-0.39, 0.29) is 35.6 Å². The number of anilines is 2. The van der Waals surface area contributed by atoms with Gasteiger partial charge in [-0.1, -0.05) is 89.6 Å². The minimum atomic E-state index is -3.84. The monoisotopic (exact) mass is 506 g/mol. The van der Waals surface area contributed by atoms with Crippen molar-refractivity contribution in [3.63, 3.8) is 0 Å². The van der Waals surface area contributed by atoms with E-state index >= 15 is 0 Å². The minimum Gasteiger partial charge on any atom is -0.326 e. The summed E-state index contributed by atoms with van der Waals surface area (Å²) in [5.74, 6) is 0.283. The van der Waals surface area contributed by atoms with Gasteiger partial charge in [-0.05, 0) is 59.2 Å². The Kier molecular flexibility index (Phi) is 9.32. The second-order valence-corrected chi connectivity index (χ2v) is 11.6. The molecule has 0 unspecified atom stereocenters. The first-order valence-corrected chi connectivity index (χ1v) is 14.2. The predicted molar refractivity (Wildman–Crippen MR) is 149 cm³/mol. The zero-order valence-corrected chi connectivity index (χ0v) is 22.8. The van der Waals surface area contributed by atoms with E-state index in [2.05, 4.69) is 39.9 Å². The summed E-state index contributed by atoms with van der Waals surface area (Å²) in [6, 6.07) is 22.1. The molecule has 0 fully saturated rings. The number of amides is 1. The molecule has 0 atom stereocenters. The second kappa shape index (κ2) is 12.2. The van der Waals surface area contributed by atoms with Gasteiger partial charge in [0, 0.05) is 18.7 Å². The molecule has 0 saturated heterocycles. The predicted octanol–water partition coefficient (Wildman–Crippen LogP) is 7.11. The van der Waals surface area contributed by atoms with Crippen molar-refractivity contribution in [2.45, 2.75) is 70.6 Å². The van der Waals surface area contributed by atoms with E-state index in [1.807, 2.05) is 36.4 Å². The van der Waals surface area contributed by atoms with Gasteiger partial charge in [-0.3, -0.25) is 9.10 Å². The lowest BCUT2D eigenvalue weighted by atomic mass is 9.92. The Hall–Kier alpha value is -3.12. The molecule has 3 aromatic carbocycles. The Bertz CT molecular complexity index is 1220. The van der Waals surface area contributed by atoms with Gasteiger partial charge in [-0.2, -0.15) is 0 Å². The Balaban J connectivity index is 1.86. The first-order valence-electron chi connectivity index (χ1n) is 12.7. The highest BCUT2D eigenvalue weighted by atomic mass is 32.2. The molecule has 3 aromatic rings. The van der Waals surface area contributed by atoms with Gasteiger partial charge < -0.3 is 5.32 Å². The number of para-hydroxylation sites is 2. The van der Waals surface area contributed by atoms with Crippen LogP contribution in [0.5, 0.6) is 0 Å². The van der Waals surface area contributed by atoms with Gasteiger partial charge in [0.1, 0.15) is 0 Å². The molecule has 5 nitrogen and oxygen atoms in total. The summed E-state index contributed by atoms with van der Waals surface area (Å²) in [7, 11) is -3.84. The Morgan fingerprint density at radius 1 is 0.833 bits per heavy atom. The van der Waals surface area contributed by atoms with E-state index in [1.165, 1.54) is 4.31 Å². The molecule has 36 heavy (non-hydrogen) atoms. The first-order chi connectivity index (χ1) is 17.1. The van der Waals surface area contributed by atoms with Crippen LogP contribution >= 0.6 is 0 Å². The number of hydrogen-bond donors (Lipinski definition) is 1. The van der Waals surface area contributed by atoms with E-state index < -0.39 is 10.0 Å². The van der Waals surface area contributed by atoms with Gasteiger partial charge in [-0.15, -0.1) is 0 Å². The van der Waals surface area contributed by atoms with Gasteiger partial charge in [0.25, 0.3) is 10.0 Å². The highest BCUT2D eigenvalue weighted by Crippen LogP contribution is 2.32. The molecule has 0 bridgehead atoms. The van der Waals surface area contributed by atoms with E-state index in [0.717, 1.165) is 35.2 Å². The van der Waals surface area contributed by atoms with Crippen molar-refractivity contribution >= 4 is 27.3 Å². The number of aryl methyl sites for hydroxylation is 1. The molecule has 0 heterocycles. The summed E-state index contributed by atoms with van der Waals surface area (Å²) in [4.78, 5) is 13.4. The van der Waals surface area contributed by atoms with Gasteiger partial charge in [0.05, 0.1) is 10.6 Å². The number of benzene rings is 3. The third-order valence-corrected chi connectivity index (χ3v) is 8.12. The molecule has 0 aromatic heterocycles. The summed E-state index contributed by atoms with van der Waals surface area (Å²) in [6.07, 6.45) is 1.93. The number of hydrogen-bond acceptors (Lipinski definition) is 3. The maximum absolute atomic E-state index is 13.7. The third kappa shape index (κ3) is 6.55. The fraction of sp³-hybridized carbons (Fsp3) is 0.367. The number of rotatable bonds is 11. The maximum Gasteiger partial charge on any atom is 0.264 e. The van der Waals surface area contributed by atoms with Crippen molar-refractivity contribution in [3.8, 4) is 0 Å². The molecular formula is C30H38N2O3S. The molecule has 192 valence electrons. The largest absolute Gasteiger partial charge is 0.326 e. The van der Waals surface area contributed by atoms with Crippen LogP contribution in [-0.4, -0.2) is 20.9 Å². The molecule has 6 heteroatoms. The van der Waals surface area contributed by atoms with Gasteiger partial charge in [0.15, 0.2) is 0 Å². The molecule has 1 amide bonds. The van der Waals surface area contributed by atoms with E-state index in [4.69, 9.17) is 0 Å². The second-order valence-electron chi connectivity index (χ2n) is 9.73. The summed E-state index contributed by atoms with van der Waals surface area (Å²) >= 11 is 0. The van der Waals surface area contributed by atoms with Crippen LogP contribution in [0.15, 0.2) is 77.7 Å². The average molecular weight is 507 g/mol. The van der Waals surface area contributed by atoms with Crippen LogP contribution in [-0.2, 0) is 21.2 Å². The zero-order chi connectivity index (χ0) is 26.3. The lowest BCUT2D eigenvalue weighted by molar-refractivity contribution is -0.116.